The van der Waals surface area contributed by atoms with E-state index in [0.717, 1.165) is 25.0 Å². The van der Waals surface area contributed by atoms with E-state index in [1.54, 1.807) is 0 Å². The van der Waals surface area contributed by atoms with E-state index in [1.807, 2.05) is 0 Å². The number of carboxylic acid groups (broad SMARTS) is 1. The first-order chi connectivity index (χ1) is 9.21. The predicted octanol–water partition coefficient (Wildman–Crippen LogP) is 3.66. The summed E-state index contributed by atoms with van der Waals surface area (Å²) < 4.78 is 2.13. The Bertz CT molecular complexity index is 509. The zero-order valence-corrected chi connectivity index (χ0v) is 13.2. The highest BCUT2D eigenvalue weighted by atomic mass is 16.4. The van der Waals surface area contributed by atoms with Crippen molar-refractivity contribution in [1.82, 2.24) is 9.78 Å². The van der Waals surface area contributed by atoms with Crippen molar-refractivity contribution in [2.24, 2.45) is 0 Å². The zero-order chi connectivity index (χ0) is 15.1. The third kappa shape index (κ3) is 2.74. The van der Waals surface area contributed by atoms with Crippen LogP contribution in [-0.4, -0.2) is 20.9 Å². The van der Waals surface area contributed by atoms with Gasteiger partial charge >= 0.3 is 5.97 Å². The summed E-state index contributed by atoms with van der Waals surface area (Å²) in [6, 6.07) is 0. The SMILES string of the molecule is CC(C)c1nn(C(C)(C)C)c2c1C(CC(=O)O)CCC2. The summed E-state index contributed by atoms with van der Waals surface area (Å²) >= 11 is 0. The van der Waals surface area contributed by atoms with Crippen molar-refractivity contribution in [2.45, 2.75) is 77.7 Å². The van der Waals surface area contributed by atoms with Gasteiger partial charge in [-0.3, -0.25) is 9.48 Å². The lowest BCUT2D eigenvalue weighted by Gasteiger charge is -2.27. The number of rotatable bonds is 3. The maximum absolute atomic E-state index is 11.1. The molecular weight excluding hydrogens is 252 g/mol. The van der Waals surface area contributed by atoms with Crippen LogP contribution >= 0.6 is 0 Å². The zero-order valence-electron chi connectivity index (χ0n) is 13.2. The molecule has 0 bridgehead atoms. The molecule has 0 fully saturated rings. The van der Waals surface area contributed by atoms with E-state index in [4.69, 9.17) is 10.2 Å². The summed E-state index contributed by atoms with van der Waals surface area (Å²) in [6.45, 7) is 10.8. The van der Waals surface area contributed by atoms with Gasteiger partial charge in [0.2, 0.25) is 0 Å². The van der Waals surface area contributed by atoms with Crippen molar-refractivity contribution in [2.75, 3.05) is 0 Å². The number of carbonyl (C=O) groups is 1. The Kier molecular flexibility index (Phi) is 3.94. The molecule has 0 saturated carbocycles. The highest BCUT2D eigenvalue weighted by Gasteiger charge is 2.33. The number of nitrogens with zero attached hydrogens (tertiary/aromatic N) is 2. The first-order valence-electron chi connectivity index (χ1n) is 7.55. The molecule has 1 aliphatic rings. The van der Waals surface area contributed by atoms with Crippen LogP contribution in [0.3, 0.4) is 0 Å². The summed E-state index contributed by atoms with van der Waals surface area (Å²) in [4.78, 5) is 11.1. The Balaban J connectivity index is 2.56. The molecule has 1 aromatic rings. The molecule has 2 rings (SSSR count). The number of hydrogen-bond donors (Lipinski definition) is 1. The van der Waals surface area contributed by atoms with E-state index in [0.29, 0.717) is 5.92 Å². The minimum absolute atomic E-state index is 0.0532. The van der Waals surface area contributed by atoms with E-state index < -0.39 is 5.97 Å². The van der Waals surface area contributed by atoms with Gasteiger partial charge in [0.15, 0.2) is 0 Å². The lowest BCUT2D eigenvalue weighted by atomic mass is 9.81. The highest BCUT2D eigenvalue weighted by molar-refractivity contribution is 5.68. The fourth-order valence-electron chi connectivity index (χ4n) is 3.23. The molecule has 20 heavy (non-hydrogen) atoms. The van der Waals surface area contributed by atoms with Crippen LogP contribution in [0.5, 0.6) is 0 Å². The summed E-state index contributed by atoms with van der Waals surface area (Å²) in [6.07, 6.45) is 3.27. The van der Waals surface area contributed by atoms with Gasteiger partial charge in [0.25, 0.3) is 0 Å². The van der Waals surface area contributed by atoms with Gasteiger partial charge in [-0.05, 0) is 51.9 Å². The number of aliphatic carboxylic acids is 1. The standard InChI is InChI=1S/C16H26N2O2/c1-10(2)15-14-11(9-13(19)20)7-6-8-12(14)18(17-15)16(3,4)5/h10-11H,6-9H2,1-5H3,(H,19,20). The molecule has 1 aromatic heterocycles. The Morgan fingerprint density at radius 2 is 2.10 bits per heavy atom. The number of aromatic nitrogens is 2. The molecule has 1 aliphatic carbocycles. The van der Waals surface area contributed by atoms with E-state index in [9.17, 15) is 4.79 Å². The first-order valence-corrected chi connectivity index (χ1v) is 7.55. The van der Waals surface area contributed by atoms with Crippen LogP contribution in [0.4, 0.5) is 0 Å². The molecular formula is C16H26N2O2. The van der Waals surface area contributed by atoms with E-state index in [1.165, 1.54) is 11.3 Å². The molecule has 0 spiro atoms. The Hall–Kier alpha value is -1.32. The summed E-state index contributed by atoms with van der Waals surface area (Å²) in [5.41, 5.74) is 3.53. The van der Waals surface area contributed by atoms with E-state index in [-0.39, 0.29) is 17.9 Å². The molecule has 1 unspecified atom stereocenters. The molecule has 112 valence electrons. The third-order valence-electron chi connectivity index (χ3n) is 4.03. The van der Waals surface area contributed by atoms with Crippen molar-refractivity contribution in [3.8, 4) is 0 Å². The monoisotopic (exact) mass is 278 g/mol. The van der Waals surface area contributed by atoms with Crippen LogP contribution in [-0.2, 0) is 16.8 Å². The van der Waals surface area contributed by atoms with Crippen LogP contribution in [0.2, 0.25) is 0 Å². The molecule has 4 nitrogen and oxygen atoms in total. The van der Waals surface area contributed by atoms with Crippen LogP contribution in [0.25, 0.3) is 0 Å². The van der Waals surface area contributed by atoms with Gasteiger partial charge in [0.1, 0.15) is 0 Å². The maximum Gasteiger partial charge on any atom is 0.303 e. The van der Waals surface area contributed by atoms with Crippen LogP contribution in [0.1, 0.15) is 82.7 Å². The van der Waals surface area contributed by atoms with Crippen molar-refractivity contribution in [1.29, 1.82) is 0 Å². The normalized spacial score (nSPS) is 19.2. The lowest BCUT2D eigenvalue weighted by Crippen LogP contribution is -2.27. The van der Waals surface area contributed by atoms with Crippen LogP contribution in [0, 0.1) is 0 Å². The third-order valence-corrected chi connectivity index (χ3v) is 4.03. The minimum Gasteiger partial charge on any atom is -0.481 e. The van der Waals surface area contributed by atoms with Gasteiger partial charge in [-0.1, -0.05) is 13.8 Å². The summed E-state index contributed by atoms with van der Waals surface area (Å²) in [7, 11) is 0. The van der Waals surface area contributed by atoms with E-state index >= 15 is 0 Å². The first kappa shape index (κ1) is 15.1. The fraction of sp³-hybridized carbons (Fsp3) is 0.750. The summed E-state index contributed by atoms with van der Waals surface area (Å²) in [5, 5.41) is 14.0. The van der Waals surface area contributed by atoms with Crippen LogP contribution in [0.15, 0.2) is 0 Å². The molecule has 1 atom stereocenters. The smallest absolute Gasteiger partial charge is 0.303 e. The Labute approximate surface area is 121 Å². The Morgan fingerprint density at radius 1 is 1.45 bits per heavy atom. The average Bonchev–Trinajstić information content (AvgIpc) is 2.68. The number of fused-ring (bicyclic) bond motifs is 1. The molecule has 0 aliphatic heterocycles. The summed E-state index contributed by atoms with van der Waals surface area (Å²) in [5.74, 6) is -0.243. The van der Waals surface area contributed by atoms with Crippen molar-refractivity contribution >= 4 is 5.97 Å². The average molecular weight is 278 g/mol. The highest BCUT2D eigenvalue weighted by Crippen LogP contribution is 2.40. The van der Waals surface area contributed by atoms with Gasteiger partial charge in [0, 0.05) is 11.3 Å². The fourth-order valence-corrected chi connectivity index (χ4v) is 3.23. The van der Waals surface area contributed by atoms with Crippen molar-refractivity contribution in [3.05, 3.63) is 17.0 Å². The quantitative estimate of drug-likeness (QED) is 0.918. The van der Waals surface area contributed by atoms with Gasteiger partial charge in [-0.25, -0.2) is 0 Å². The van der Waals surface area contributed by atoms with Gasteiger partial charge in [0.05, 0.1) is 17.7 Å². The molecule has 0 aromatic carbocycles. The number of carboxylic acids is 1. The largest absolute Gasteiger partial charge is 0.481 e. The second kappa shape index (κ2) is 5.23. The molecule has 1 N–H and O–H groups in total. The maximum atomic E-state index is 11.1. The van der Waals surface area contributed by atoms with Gasteiger partial charge < -0.3 is 5.11 Å². The molecule has 1 heterocycles. The second-order valence-corrected chi connectivity index (χ2v) is 7.17. The van der Waals surface area contributed by atoms with Crippen molar-refractivity contribution < 1.29 is 9.90 Å². The molecule has 0 amide bonds. The predicted molar refractivity (Wildman–Crippen MR) is 79.2 cm³/mol. The number of hydrogen-bond acceptors (Lipinski definition) is 2. The molecule has 4 heteroatoms. The molecule has 0 radical (unpaired) electrons. The second-order valence-electron chi connectivity index (χ2n) is 7.17. The van der Waals surface area contributed by atoms with E-state index in [2.05, 4.69) is 39.3 Å². The van der Waals surface area contributed by atoms with Crippen molar-refractivity contribution in [3.63, 3.8) is 0 Å². The van der Waals surface area contributed by atoms with Gasteiger partial charge in [-0.2, -0.15) is 5.10 Å². The minimum atomic E-state index is -0.707. The lowest BCUT2D eigenvalue weighted by molar-refractivity contribution is -0.137. The molecule has 0 saturated heterocycles. The Morgan fingerprint density at radius 3 is 2.60 bits per heavy atom. The topological polar surface area (TPSA) is 55.1 Å². The van der Waals surface area contributed by atoms with Crippen LogP contribution < -0.4 is 0 Å². The van der Waals surface area contributed by atoms with Gasteiger partial charge in [-0.15, -0.1) is 0 Å².